The molecule has 0 amide bonds. The molecule has 112 valence electrons. The van der Waals surface area contributed by atoms with Crippen LogP contribution in [0.3, 0.4) is 0 Å². The third-order valence-electron chi connectivity index (χ3n) is 3.95. The van der Waals surface area contributed by atoms with Crippen molar-refractivity contribution in [1.29, 1.82) is 0 Å². The summed E-state index contributed by atoms with van der Waals surface area (Å²) in [6.07, 6.45) is 7.82. The summed E-state index contributed by atoms with van der Waals surface area (Å²) in [5.41, 5.74) is 1.42. The smallest absolute Gasteiger partial charge is 0.207 e. The molecular formula is C16H19F2N3. The first-order valence-corrected chi connectivity index (χ1v) is 7.41. The van der Waals surface area contributed by atoms with Crippen LogP contribution in [0, 0.1) is 18.6 Å². The molecule has 0 bridgehead atoms. The van der Waals surface area contributed by atoms with Gasteiger partial charge < -0.3 is 5.32 Å². The number of aryl methyl sites for hydroxylation is 1. The molecule has 21 heavy (non-hydrogen) atoms. The van der Waals surface area contributed by atoms with E-state index in [1.807, 2.05) is 13.1 Å². The maximum absolute atomic E-state index is 13.4. The second-order valence-corrected chi connectivity index (χ2v) is 5.65. The summed E-state index contributed by atoms with van der Waals surface area (Å²) < 4.78 is 28.3. The SMILES string of the molecule is Cc1cn(-c2ccc(F)c(F)c2)c(NC2CCCCC2)n1. The van der Waals surface area contributed by atoms with Crippen molar-refractivity contribution < 1.29 is 8.78 Å². The van der Waals surface area contributed by atoms with Gasteiger partial charge in [0, 0.05) is 18.3 Å². The van der Waals surface area contributed by atoms with Crippen LogP contribution >= 0.6 is 0 Å². The van der Waals surface area contributed by atoms with Crippen molar-refractivity contribution in [3.05, 3.63) is 41.7 Å². The minimum Gasteiger partial charge on any atom is -0.353 e. The fourth-order valence-corrected chi connectivity index (χ4v) is 2.86. The van der Waals surface area contributed by atoms with E-state index >= 15 is 0 Å². The van der Waals surface area contributed by atoms with Crippen LogP contribution in [0.15, 0.2) is 24.4 Å². The number of aromatic nitrogens is 2. The number of hydrogen-bond donors (Lipinski definition) is 1. The van der Waals surface area contributed by atoms with Gasteiger partial charge in [-0.15, -0.1) is 0 Å². The van der Waals surface area contributed by atoms with Gasteiger partial charge in [0.1, 0.15) is 0 Å². The van der Waals surface area contributed by atoms with E-state index in [4.69, 9.17) is 0 Å². The van der Waals surface area contributed by atoms with Gasteiger partial charge in [-0.25, -0.2) is 13.8 Å². The third kappa shape index (κ3) is 3.06. The monoisotopic (exact) mass is 291 g/mol. The molecule has 3 nitrogen and oxygen atoms in total. The predicted octanol–water partition coefficient (Wildman–Crippen LogP) is 4.20. The van der Waals surface area contributed by atoms with Gasteiger partial charge in [-0.1, -0.05) is 19.3 Å². The van der Waals surface area contributed by atoms with Crippen molar-refractivity contribution in [2.75, 3.05) is 5.32 Å². The van der Waals surface area contributed by atoms with Crippen LogP contribution in [0.4, 0.5) is 14.7 Å². The second kappa shape index (κ2) is 5.84. The Labute approximate surface area is 123 Å². The number of hydrogen-bond acceptors (Lipinski definition) is 2. The summed E-state index contributed by atoms with van der Waals surface area (Å²) in [6.45, 7) is 1.89. The van der Waals surface area contributed by atoms with Crippen molar-refractivity contribution in [3.8, 4) is 5.69 Å². The van der Waals surface area contributed by atoms with Crippen molar-refractivity contribution >= 4 is 5.95 Å². The van der Waals surface area contributed by atoms with Crippen LogP contribution in [-0.4, -0.2) is 15.6 Å². The summed E-state index contributed by atoms with van der Waals surface area (Å²) >= 11 is 0. The number of anilines is 1. The summed E-state index contributed by atoms with van der Waals surface area (Å²) in [7, 11) is 0. The van der Waals surface area contributed by atoms with Crippen molar-refractivity contribution in [1.82, 2.24) is 9.55 Å². The number of halogens is 2. The molecule has 0 atom stereocenters. The predicted molar refractivity (Wildman–Crippen MR) is 78.7 cm³/mol. The molecular weight excluding hydrogens is 272 g/mol. The molecule has 1 aromatic heterocycles. The van der Waals surface area contributed by atoms with Gasteiger partial charge in [0.25, 0.3) is 0 Å². The summed E-state index contributed by atoms with van der Waals surface area (Å²) in [5, 5.41) is 3.44. The quantitative estimate of drug-likeness (QED) is 0.918. The van der Waals surface area contributed by atoms with E-state index in [2.05, 4.69) is 10.3 Å². The van der Waals surface area contributed by atoms with Gasteiger partial charge in [0.15, 0.2) is 11.6 Å². The first-order chi connectivity index (χ1) is 10.1. The number of benzene rings is 1. The lowest BCUT2D eigenvalue weighted by Gasteiger charge is -2.23. The average molecular weight is 291 g/mol. The fraction of sp³-hybridized carbons (Fsp3) is 0.438. The van der Waals surface area contributed by atoms with Crippen molar-refractivity contribution in [3.63, 3.8) is 0 Å². The highest BCUT2D eigenvalue weighted by Gasteiger charge is 2.17. The topological polar surface area (TPSA) is 29.9 Å². The Balaban J connectivity index is 1.89. The van der Waals surface area contributed by atoms with E-state index in [0.29, 0.717) is 17.7 Å². The molecule has 1 N–H and O–H groups in total. The minimum absolute atomic E-state index is 0.407. The fourth-order valence-electron chi connectivity index (χ4n) is 2.86. The van der Waals surface area contributed by atoms with E-state index < -0.39 is 11.6 Å². The van der Waals surface area contributed by atoms with Gasteiger partial charge >= 0.3 is 0 Å². The van der Waals surface area contributed by atoms with Crippen LogP contribution in [-0.2, 0) is 0 Å². The highest BCUT2D eigenvalue weighted by atomic mass is 19.2. The Hall–Kier alpha value is -1.91. The second-order valence-electron chi connectivity index (χ2n) is 5.65. The van der Waals surface area contributed by atoms with Crippen molar-refractivity contribution in [2.45, 2.75) is 45.1 Å². The normalized spacial score (nSPS) is 16.1. The zero-order valence-electron chi connectivity index (χ0n) is 12.1. The first-order valence-electron chi connectivity index (χ1n) is 7.41. The van der Waals surface area contributed by atoms with E-state index in [1.165, 1.54) is 25.3 Å². The molecule has 0 saturated heterocycles. The van der Waals surface area contributed by atoms with E-state index in [9.17, 15) is 8.78 Å². The number of rotatable bonds is 3. The maximum Gasteiger partial charge on any atom is 0.207 e. The standard InChI is InChI=1S/C16H19F2N3/c1-11-10-21(13-7-8-14(17)15(18)9-13)16(19-11)20-12-5-3-2-4-6-12/h7-10,12H,2-6H2,1H3,(H,19,20). The Morgan fingerprint density at radius 1 is 1.14 bits per heavy atom. The zero-order chi connectivity index (χ0) is 14.8. The van der Waals surface area contributed by atoms with E-state index in [-0.39, 0.29) is 0 Å². The van der Waals surface area contributed by atoms with Crippen molar-refractivity contribution in [2.24, 2.45) is 0 Å². The Bertz CT molecular complexity index is 630. The van der Waals surface area contributed by atoms with Gasteiger partial charge in [-0.3, -0.25) is 4.57 Å². The summed E-state index contributed by atoms with van der Waals surface area (Å²) in [4.78, 5) is 4.47. The highest BCUT2D eigenvalue weighted by molar-refractivity contribution is 5.44. The number of imidazole rings is 1. The van der Waals surface area contributed by atoms with E-state index in [0.717, 1.165) is 24.6 Å². The van der Waals surface area contributed by atoms with E-state index in [1.54, 1.807) is 10.6 Å². The molecule has 1 aliphatic rings. The molecule has 0 unspecified atom stereocenters. The Morgan fingerprint density at radius 3 is 2.62 bits per heavy atom. The molecule has 1 saturated carbocycles. The molecule has 5 heteroatoms. The lowest BCUT2D eigenvalue weighted by molar-refractivity contribution is 0.460. The van der Waals surface area contributed by atoms with Gasteiger partial charge in [-0.2, -0.15) is 0 Å². The third-order valence-corrected chi connectivity index (χ3v) is 3.95. The lowest BCUT2D eigenvalue weighted by atomic mass is 9.96. The van der Waals surface area contributed by atoms with Crippen LogP contribution in [0.5, 0.6) is 0 Å². The molecule has 1 aromatic carbocycles. The largest absolute Gasteiger partial charge is 0.353 e. The minimum atomic E-state index is -0.845. The maximum atomic E-state index is 13.4. The number of nitrogens with zero attached hydrogens (tertiary/aromatic N) is 2. The van der Waals surface area contributed by atoms with Crippen LogP contribution < -0.4 is 5.32 Å². The molecule has 1 fully saturated rings. The number of nitrogens with one attached hydrogen (secondary N) is 1. The highest BCUT2D eigenvalue weighted by Crippen LogP contribution is 2.24. The summed E-state index contributed by atoms with van der Waals surface area (Å²) in [5.74, 6) is -0.981. The lowest BCUT2D eigenvalue weighted by Crippen LogP contribution is -2.24. The van der Waals surface area contributed by atoms with Gasteiger partial charge in [0.2, 0.25) is 5.95 Å². The van der Waals surface area contributed by atoms with Gasteiger partial charge in [-0.05, 0) is 31.9 Å². The van der Waals surface area contributed by atoms with Crippen LogP contribution in [0.1, 0.15) is 37.8 Å². The van der Waals surface area contributed by atoms with Crippen LogP contribution in [0.2, 0.25) is 0 Å². The molecule has 2 aromatic rings. The average Bonchev–Trinajstić information content (AvgIpc) is 2.84. The Morgan fingerprint density at radius 2 is 1.90 bits per heavy atom. The molecule has 1 aliphatic carbocycles. The molecule has 0 spiro atoms. The Kier molecular flexibility index (Phi) is 3.90. The molecule has 0 radical (unpaired) electrons. The summed E-state index contributed by atoms with van der Waals surface area (Å²) in [6, 6.07) is 4.31. The molecule has 0 aliphatic heterocycles. The van der Waals surface area contributed by atoms with Gasteiger partial charge in [0.05, 0.1) is 11.4 Å². The molecule has 3 rings (SSSR count). The molecule has 1 heterocycles. The first kappa shape index (κ1) is 14.0. The van der Waals surface area contributed by atoms with Crippen LogP contribution in [0.25, 0.3) is 5.69 Å². The zero-order valence-corrected chi connectivity index (χ0v) is 12.1.